The van der Waals surface area contributed by atoms with Crippen LogP contribution in [0.1, 0.15) is 25.3 Å². The van der Waals surface area contributed by atoms with E-state index in [1.54, 1.807) is 21.1 Å². The number of piperidine rings is 1. The Kier molecular flexibility index (Phi) is 7.28. The van der Waals surface area contributed by atoms with Crippen LogP contribution >= 0.6 is 0 Å². The molecule has 1 fully saturated rings. The molecule has 1 amide bonds. The van der Waals surface area contributed by atoms with Crippen LogP contribution in [-0.4, -0.2) is 58.2 Å². The molecule has 1 atom stereocenters. The van der Waals surface area contributed by atoms with E-state index in [4.69, 9.17) is 9.47 Å². The van der Waals surface area contributed by atoms with E-state index in [2.05, 4.69) is 5.32 Å². The Bertz CT molecular complexity index is 720. The monoisotopic (exact) mass is 384 g/mol. The van der Waals surface area contributed by atoms with Gasteiger partial charge in [0, 0.05) is 19.6 Å². The molecule has 0 spiro atoms. The maximum Gasteiger partial charge on any atom is 0.224 e. The number of ether oxygens (including phenoxy) is 2. The molecular formula is C18H28N2O5S. The van der Waals surface area contributed by atoms with Crippen molar-refractivity contribution in [2.45, 2.75) is 26.2 Å². The first-order valence-electron chi connectivity index (χ1n) is 8.87. The number of rotatable bonds is 8. The fourth-order valence-electron chi connectivity index (χ4n) is 3.10. The van der Waals surface area contributed by atoms with Gasteiger partial charge in [0.15, 0.2) is 11.5 Å². The van der Waals surface area contributed by atoms with E-state index in [9.17, 15) is 13.2 Å². The van der Waals surface area contributed by atoms with Crippen molar-refractivity contribution < 1.29 is 22.7 Å². The van der Waals surface area contributed by atoms with Crippen molar-refractivity contribution >= 4 is 15.9 Å². The zero-order valence-corrected chi connectivity index (χ0v) is 16.5. The number of hydrogen-bond donors (Lipinski definition) is 1. The summed E-state index contributed by atoms with van der Waals surface area (Å²) in [6.07, 6.45) is 2.10. The molecule has 26 heavy (non-hydrogen) atoms. The van der Waals surface area contributed by atoms with Crippen LogP contribution in [0.4, 0.5) is 0 Å². The lowest BCUT2D eigenvalue weighted by molar-refractivity contribution is -0.126. The van der Waals surface area contributed by atoms with E-state index in [1.165, 1.54) is 4.31 Å². The summed E-state index contributed by atoms with van der Waals surface area (Å²) in [6, 6.07) is 5.66. The zero-order valence-electron chi connectivity index (χ0n) is 15.7. The topological polar surface area (TPSA) is 84.9 Å². The number of nitrogens with one attached hydrogen (secondary N) is 1. The summed E-state index contributed by atoms with van der Waals surface area (Å²) in [5.41, 5.74) is 1.03. The van der Waals surface area contributed by atoms with Crippen LogP contribution in [0, 0.1) is 5.92 Å². The third-order valence-electron chi connectivity index (χ3n) is 4.67. The minimum absolute atomic E-state index is 0.0701. The predicted octanol–water partition coefficient (Wildman–Crippen LogP) is 1.42. The molecule has 1 aliphatic rings. The van der Waals surface area contributed by atoms with E-state index >= 15 is 0 Å². The highest BCUT2D eigenvalue weighted by Gasteiger charge is 2.31. The average Bonchev–Trinajstić information content (AvgIpc) is 2.67. The quantitative estimate of drug-likeness (QED) is 0.733. The van der Waals surface area contributed by atoms with Crippen molar-refractivity contribution in [1.82, 2.24) is 9.62 Å². The highest BCUT2D eigenvalue weighted by atomic mass is 32.2. The van der Waals surface area contributed by atoms with Gasteiger partial charge in [-0.05, 0) is 43.9 Å². The number of amides is 1. The molecule has 1 aliphatic heterocycles. The smallest absolute Gasteiger partial charge is 0.224 e. The maximum absolute atomic E-state index is 12.4. The molecule has 8 heteroatoms. The number of carbonyl (C=O) groups is 1. The Labute approximate surface area is 155 Å². The van der Waals surface area contributed by atoms with Gasteiger partial charge in [-0.2, -0.15) is 0 Å². The van der Waals surface area contributed by atoms with Crippen LogP contribution < -0.4 is 14.8 Å². The lowest BCUT2D eigenvalue weighted by Crippen LogP contribution is -2.46. The molecular weight excluding hydrogens is 356 g/mol. The average molecular weight is 384 g/mol. The molecule has 1 N–H and O–H groups in total. The number of hydrogen-bond acceptors (Lipinski definition) is 5. The highest BCUT2D eigenvalue weighted by Crippen LogP contribution is 2.27. The lowest BCUT2D eigenvalue weighted by atomic mass is 9.99. The predicted molar refractivity (Wildman–Crippen MR) is 100 cm³/mol. The molecule has 0 unspecified atom stereocenters. The van der Waals surface area contributed by atoms with Gasteiger partial charge >= 0.3 is 0 Å². The molecule has 7 nitrogen and oxygen atoms in total. The van der Waals surface area contributed by atoms with Crippen LogP contribution in [0.15, 0.2) is 18.2 Å². The molecule has 146 valence electrons. The molecule has 0 aromatic heterocycles. The van der Waals surface area contributed by atoms with Crippen molar-refractivity contribution in [2.24, 2.45) is 5.92 Å². The number of benzene rings is 1. The zero-order chi connectivity index (χ0) is 19.2. The highest BCUT2D eigenvalue weighted by molar-refractivity contribution is 7.89. The van der Waals surface area contributed by atoms with Gasteiger partial charge in [0.2, 0.25) is 15.9 Å². The van der Waals surface area contributed by atoms with Crippen LogP contribution in [-0.2, 0) is 21.2 Å². The normalized spacial score (nSPS) is 18.3. The maximum atomic E-state index is 12.4. The largest absolute Gasteiger partial charge is 0.493 e. The van der Waals surface area contributed by atoms with Crippen LogP contribution in [0.5, 0.6) is 11.5 Å². The molecule has 0 bridgehead atoms. The molecule has 1 saturated heterocycles. The van der Waals surface area contributed by atoms with E-state index in [0.29, 0.717) is 37.4 Å². The van der Waals surface area contributed by atoms with Gasteiger partial charge in [0.1, 0.15) is 0 Å². The summed E-state index contributed by atoms with van der Waals surface area (Å²) in [5.74, 6) is 1.03. The third kappa shape index (κ3) is 5.11. The summed E-state index contributed by atoms with van der Waals surface area (Å²) >= 11 is 0. The minimum atomic E-state index is -3.24. The Hall–Kier alpha value is -1.80. The third-order valence-corrected chi connectivity index (χ3v) is 6.52. The van der Waals surface area contributed by atoms with Crippen molar-refractivity contribution in [3.8, 4) is 11.5 Å². The minimum Gasteiger partial charge on any atom is -0.493 e. The summed E-state index contributed by atoms with van der Waals surface area (Å²) in [7, 11) is -0.0648. The van der Waals surface area contributed by atoms with Crippen LogP contribution in [0.3, 0.4) is 0 Å². The second kappa shape index (κ2) is 9.23. The first-order chi connectivity index (χ1) is 12.4. The standard InChI is InChI=1S/C18H28N2O5S/c1-4-26(22,23)20-11-5-6-15(13-20)18(21)19-10-9-14-7-8-16(24-2)17(12-14)25-3/h7-8,12,15H,4-6,9-11,13H2,1-3H3,(H,19,21)/t15-/m1/s1. The van der Waals surface area contributed by atoms with Gasteiger partial charge in [-0.3, -0.25) is 4.79 Å². The molecule has 0 aliphatic carbocycles. The summed E-state index contributed by atoms with van der Waals surface area (Å²) in [4.78, 5) is 12.4. The lowest BCUT2D eigenvalue weighted by Gasteiger charge is -2.30. The molecule has 1 heterocycles. The summed E-state index contributed by atoms with van der Waals surface area (Å²) < 4.78 is 35.9. The van der Waals surface area contributed by atoms with E-state index in [0.717, 1.165) is 12.0 Å². The molecule has 2 rings (SSSR count). The van der Waals surface area contributed by atoms with Crippen molar-refractivity contribution in [3.63, 3.8) is 0 Å². The summed E-state index contributed by atoms with van der Waals surface area (Å²) in [6.45, 7) is 2.90. The first-order valence-corrected chi connectivity index (χ1v) is 10.5. The van der Waals surface area contributed by atoms with Gasteiger partial charge in [0.25, 0.3) is 0 Å². The van der Waals surface area contributed by atoms with Gasteiger partial charge in [0.05, 0.1) is 25.9 Å². The molecule has 1 aromatic rings. The second-order valence-electron chi connectivity index (χ2n) is 6.33. The number of nitrogens with zero attached hydrogens (tertiary/aromatic N) is 1. The fourth-order valence-corrected chi connectivity index (χ4v) is 4.28. The van der Waals surface area contributed by atoms with Gasteiger partial charge in [-0.25, -0.2) is 12.7 Å². The van der Waals surface area contributed by atoms with Crippen molar-refractivity contribution in [3.05, 3.63) is 23.8 Å². The SMILES string of the molecule is CCS(=O)(=O)N1CCC[C@@H](C(=O)NCCc2ccc(OC)c(OC)c2)C1. The number of carbonyl (C=O) groups excluding carboxylic acids is 1. The van der Waals surface area contributed by atoms with Crippen LogP contribution in [0.2, 0.25) is 0 Å². The van der Waals surface area contributed by atoms with Gasteiger partial charge in [-0.1, -0.05) is 6.07 Å². The summed E-state index contributed by atoms with van der Waals surface area (Å²) in [5, 5.41) is 2.92. The Balaban J connectivity index is 1.87. The fraction of sp³-hybridized carbons (Fsp3) is 0.611. The first kappa shape index (κ1) is 20.5. The van der Waals surface area contributed by atoms with E-state index in [1.807, 2.05) is 18.2 Å². The molecule has 0 saturated carbocycles. The molecule has 0 radical (unpaired) electrons. The van der Waals surface area contributed by atoms with E-state index in [-0.39, 0.29) is 24.1 Å². The second-order valence-corrected chi connectivity index (χ2v) is 8.59. The number of sulfonamides is 1. The van der Waals surface area contributed by atoms with E-state index < -0.39 is 10.0 Å². The Morgan fingerprint density at radius 3 is 2.65 bits per heavy atom. The van der Waals surface area contributed by atoms with Gasteiger partial charge in [-0.15, -0.1) is 0 Å². The Morgan fingerprint density at radius 1 is 1.27 bits per heavy atom. The number of methoxy groups -OCH3 is 2. The van der Waals surface area contributed by atoms with Crippen LogP contribution in [0.25, 0.3) is 0 Å². The van der Waals surface area contributed by atoms with Crippen molar-refractivity contribution in [2.75, 3.05) is 39.6 Å². The van der Waals surface area contributed by atoms with Gasteiger partial charge < -0.3 is 14.8 Å². The van der Waals surface area contributed by atoms with Crippen molar-refractivity contribution in [1.29, 1.82) is 0 Å². The Morgan fingerprint density at radius 2 is 2.00 bits per heavy atom. The molecule has 1 aromatic carbocycles.